The molecule has 2 heterocycles. The molecule has 2 N–H and O–H groups in total. The molecule has 2 saturated heterocycles. The summed E-state index contributed by atoms with van der Waals surface area (Å²) in [6.45, 7) is 5.78. The molecule has 10 heteroatoms. The molecule has 1 aromatic carbocycles. The summed E-state index contributed by atoms with van der Waals surface area (Å²) in [5.74, 6) is -0.0717. The molecule has 0 radical (unpaired) electrons. The van der Waals surface area contributed by atoms with E-state index < -0.39 is 11.7 Å². The molecule has 0 aromatic heterocycles. The second kappa shape index (κ2) is 9.96. The molecule has 1 aliphatic carbocycles. The van der Waals surface area contributed by atoms with Crippen LogP contribution in [0.2, 0.25) is 0 Å². The molecule has 3 amide bonds. The van der Waals surface area contributed by atoms with Gasteiger partial charge in [0.1, 0.15) is 0 Å². The van der Waals surface area contributed by atoms with E-state index in [2.05, 4.69) is 10.6 Å². The van der Waals surface area contributed by atoms with E-state index in [0.717, 1.165) is 31.7 Å². The summed E-state index contributed by atoms with van der Waals surface area (Å²) in [6.07, 6.45) is -1.17. The number of hydrogen-bond acceptors (Lipinski definition) is 4. The third-order valence-electron chi connectivity index (χ3n) is 7.26. The summed E-state index contributed by atoms with van der Waals surface area (Å²) in [6, 6.07) is 5.54. The number of benzene rings is 1. The Morgan fingerprint density at radius 1 is 1.11 bits per heavy atom. The first-order valence-electron chi connectivity index (χ1n) is 12.3. The van der Waals surface area contributed by atoms with Crippen LogP contribution in [0.25, 0.3) is 0 Å². The Morgan fingerprint density at radius 2 is 1.80 bits per heavy atom. The van der Waals surface area contributed by atoms with Crippen molar-refractivity contribution in [3.8, 4) is 6.07 Å². The van der Waals surface area contributed by atoms with Crippen LogP contribution in [0.1, 0.15) is 50.7 Å². The van der Waals surface area contributed by atoms with Crippen molar-refractivity contribution < 1.29 is 22.8 Å². The number of anilines is 1. The lowest BCUT2D eigenvalue weighted by Crippen LogP contribution is -2.42. The molecule has 4 rings (SSSR count). The van der Waals surface area contributed by atoms with Gasteiger partial charge in [-0.2, -0.15) is 18.4 Å². The zero-order valence-electron chi connectivity index (χ0n) is 20.1. The maximum Gasteiger partial charge on any atom is 0.417 e. The van der Waals surface area contributed by atoms with Crippen molar-refractivity contribution in [3.63, 3.8) is 0 Å². The number of nitrogens with one attached hydrogen (secondary N) is 2. The van der Waals surface area contributed by atoms with Crippen LogP contribution in [0.5, 0.6) is 0 Å². The number of rotatable bonds is 5. The third-order valence-corrected chi connectivity index (χ3v) is 7.26. The van der Waals surface area contributed by atoms with Gasteiger partial charge in [-0.3, -0.25) is 4.79 Å². The average molecular weight is 492 g/mol. The van der Waals surface area contributed by atoms with Crippen LogP contribution in [0.3, 0.4) is 0 Å². The van der Waals surface area contributed by atoms with E-state index in [1.54, 1.807) is 17.0 Å². The molecule has 190 valence electrons. The largest absolute Gasteiger partial charge is 0.417 e. The van der Waals surface area contributed by atoms with Crippen molar-refractivity contribution in [2.24, 2.45) is 17.8 Å². The number of alkyl halides is 3. The zero-order chi connectivity index (χ0) is 25.3. The van der Waals surface area contributed by atoms with Crippen molar-refractivity contribution in [2.75, 3.05) is 31.1 Å². The molecule has 3 fully saturated rings. The fraction of sp³-hybridized carbons (Fsp3) is 0.640. The minimum atomic E-state index is -4.59. The first-order chi connectivity index (χ1) is 16.6. The van der Waals surface area contributed by atoms with Gasteiger partial charge in [-0.1, -0.05) is 0 Å². The van der Waals surface area contributed by atoms with E-state index >= 15 is 0 Å². The van der Waals surface area contributed by atoms with E-state index in [1.165, 1.54) is 6.07 Å². The Balaban J connectivity index is 1.45. The van der Waals surface area contributed by atoms with E-state index in [1.807, 2.05) is 18.7 Å². The van der Waals surface area contributed by atoms with Gasteiger partial charge in [-0.15, -0.1) is 0 Å². The number of amides is 3. The Bertz CT molecular complexity index is 994. The van der Waals surface area contributed by atoms with Gasteiger partial charge in [0, 0.05) is 44.0 Å². The highest BCUT2D eigenvalue weighted by Gasteiger charge is 2.45. The number of carbonyl (C=O) groups is 2. The second-order valence-corrected chi connectivity index (χ2v) is 10.2. The lowest BCUT2D eigenvalue weighted by atomic mass is 9.78. The Kier molecular flexibility index (Phi) is 7.15. The predicted octanol–water partition coefficient (Wildman–Crippen LogP) is 3.74. The topological polar surface area (TPSA) is 88.5 Å². The van der Waals surface area contributed by atoms with Crippen LogP contribution in [0, 0.1) is 29.1 Å². The first-order valence-corrected chi connectivity index (χ1v) is 12.3. The number of urea groups is 1. The minimum Gasteiger partial charge on any atom is -0.372 e. The lowest BCUT2D eigenvalue weighted by Gasteiger charge is -2.37. The van der Waals surface area contributed by atoms with Crippen LogP contribution in [-0.2, 0) is 11.0 Å². The normalized spacial score (nSPS) is 23.3. The van der Waals surface area contributed by atoms with Gasteiger partial charge in [0.15, 0.2) is 0 Å². The number of nitriles is 1. The van der Waals surface area contributed by atoms with Crippen molar-refractivity contribution in [2.45, 2.75) is 57.8 Å². The lowest BCUT2D eigenvalue weighted by molar-refractivity contribution is -0.137. The van der Waals surface area contributed by atoms with Crippen LogP contribution in [0.15, 0.2) is 18.2 Å². The highest BCUT2D eigenvalue weighted by atomic mass is 19.4. The molecule has 2 aliphatic heterocycles. The van der Waals surface area contributed by atoms with Crippen LogP contribution in [-0.4, -0.2) is 55.1 Å². The second-order valence-electron chi connectivity index (χ2n) is 10.2. The van der Waals surface area contributed by atoms with Crippen molar-refractivity contribution >= 4 is 17.6 Å². The maximum absolute atomic E-state index is 13.4. The van der Waals surface area contributed by atoms with Crippen molar-refractivity contribution in [1.82, 2.24) is 15.5 Å². The van der Waals surface area contributed by atoms with Gasteiger partial charge in [0.25, 0.3) is 0 Å². The first kappa shape index (κ1) is 25.1. The predicted molar refractivity (Wildman–Crippen MR) is 124 cm³/mol. The molecule has 7 nitrogen and oxygen atoms in total. The molecular formula is C25H32F3N5O2. The van der Waals surface area contributed by atoms with E-state index in [9.17, 15) is 22.8 Å². The van der Waals surface area contributed by atoms with E-state index in [-0.39, 0.29) is 47.3 Å². The molecule has 1 saturated carbocycles. The third kappa shape index (κ3) is 5.82. The molecule has 3 aliphatic rings. The SMILES string of the molecule is CC(C)NC(=O)N1C[C@@H](C(=O)NC2CC2)[C@H](C2CCN(c3ccc(C#N)c(C(F)(F)F)c3)CC2)C1. The average Bonchev–Trinajstić information content (AvgIpc) is 3.51. The summed E-state index contributed by atoms with van der Waals surface area (Å²) < 4.78 is 40.2. The minimum absolute atomic E-state index is 0.00156. The van der Waals surface area contributed by atoms with E-state index in [4.69, 9.17) is 5.26 Å². The summed E-state index contributed by atoms with van der Waals surface area (Å²) in [4.78, 5) is 29.3. The fourth-order valence-electron chi connectivity index (χ4n) is 5.27. The van der Waals surface area contributed by atoms with Crippen LogP contribution in [0.4, 0.5) is 23.7 Å². The standard InChI is InChI=1S/C25H32F3N5O2/c1-15(2)30-24(35)33-13-20(21(14-33)23(34)31-18-4-5-18)16-7-9-32(10-8-16)19-6-3-17(12-29)22(11-19)25(26,27)28/h3,6,11,15-16,18,20-21H,4-5,7-10,13-14H2,1-2H3,(H,30,35)(H,31,34)/t20-,21+/m0/s1. The molecule has 35 heavy (non-hydrogen) atoms. The summed E-state index contributed by atoms with van der Waals surface area (Å²) >= 11 is 0. The summed E-state index contributed by atoms with van der Waals surface area (Å²) in [5, 5.41) is 15.0. The molecule has 1 aromatic rings. The smallest absolute Gasteiger partial charge is 0.372 e. The maximum atomic E-state index is 13.4. The number of hydrogen-bond donors (Lipinski definition) is 2. The highest BCUT2D eigenvalue weighted by Crippen LogP contribution is 2.39. The molecule has 0 unspecified atom stereocenters. The van der Waals surface area contributed by atoms with Crippen LogP contribution >= 0.6 is 0 Å². The summed E-state index contributed by atoms with van der Waals surface area (Å²) in [5.41, 5.74) is -0.854. The number of carbonyl (C=O) groups excluding carboxylic acids is 2. The molecule has 0 spiro atoms. The highest BCUT2D eigenvalue weighted by molar-refractivity contribution is 5.82. The Morgan fingerprint density at radius 3 is 2.37 bits per heavy atom. The van der Waals surface area contributed by atoms with Gasteiger partial charge in [0.05, 0.1) is 23.1 Å². The summed E-state index contributed by atoms with van der Waals surface area (Å²) in [7, 11) is 0. The number of piperidine rings is 1. The van der Waals surface area contributed by atoms with Gasteiger partial charge >= 0.3 is 12.2 Å². The van der Waals surface area contributed by atoms with Crippen LogP contribution < -0.4 is 15.5 Å². The number of halogens is 3. The molecule has 0 bridgehead atoms. The zero-order valence-corrected chi connectivity index (χ0v) is 20.1. The fourth-order valence-corrected chi connectivity index (χ4v) is 5.27. The molecule has 2 atom stereocenters. The van der Waals surface area contributed by atoms with Crippen molar-refractivity contribution in [1.29, 1.82) is 5.26 Å². The quantitative estimate of drug-likeness (QED) is 0.657. The molecular weight excluding hydrogens is 459 g/mol. The van der Waals surface area contributed by atoms with Gasteiger partial charge in [-0.25, -0.2) is 4.79 Å². The Hall–Kier alpha value is -2.96. The number of nitrogens with zero attached hydrogens (tertiary/aromatic N) is 3. The van der Waals surface area contributed by atoms with Gasteiger partial charge in [-0.05, 0) is 69.6 Å². The van der Waals surface area contributed by atoms with Gasteiger partial charge in [0.2, 0.25) is 5.91 Å². The number of likely N-dealkylation sites (tertiary alicyclic amines) is 1. The van der Waals surface area contributed by atoms with Gasteiger partial charge < -0.3 is 20.4 Å². The van der Waals surface area contributed by atoms with Crippen molar-refractivity contribution in [3.05, 3.63) is 29.3 Å². The van der Waals surface area contributed by atoms with E-state index in [0.29, 0.717) is 31.9 Å². The monoisotopic (exact) mass is 491 g/mol. The Labute approximate surface area is 203 Å².